The molecule has 1 amide bonds. The highest BCUT2D eigenvalue weighted by atomic mass is 16.5. The number of benzene rings is 2. The van der Waals surface area contributed by atoms with Crippen LogP contribution in [0.4, 0.5) is 5.69 Å². The summed E-state index contributed by atoms with van der Waals surface area (Å²) in [5, 5.41) is 11.5. The minimum absolute atomic E-state index is 0.0382. The van der Waals surface area contributed by atoms with Crippen LogP contribution in [0.3, 0.4) is 0 Å². The summed E-state index contributed by atoms with van der Waals surface area (Å²) >= 11 is 0. The first-order chi connectivity index (χ1) is 11.2. The zero-order valence-corrected chi connectivity index (χ0v) is 14.0. The summed E-state index contributed by atoms with van der Waals surface area (Å²) in [6.07, 6.45) is -0.0382. The van der Waals surface area contributed by atoms with Crippen LogP contribution in [-0.2, 0) is 11.2 Å². The Morgan fingerprint density at radius 2 is 1.58 bits per heavy atom. The second-order valence-corrected chi connectivity index (χ2v) is 6.46. The van der Waals surface area contributed by atoms with Gasteiger partial charge in [-0.05, 0) is 62.7 Å². The van der Waals surface area contributed by atoms with Gasteiger partial charge in [0, 0.05) is 11.3 Å². The van der Waals surface area contributed by atoms with Crippen molar-refractivity contribution in [3.05, 3.63) is 59.7 Å². The summed E-state index contributed by atoms with van der Waals surface area (Å²) < 4.78 is 5.72. The molecule has 0 atom stereocenters. The van der Waals surface area contributed by atoms with Crippen LogP contribution in [-0.4, -0.2) is 22.6 Å². The third kappa shape index (κ3) is 5.43. The molecule has 24 heavy (non-hydrogen) atoms. The molecule has 2 aromatic carbocycles. The number of anilines is 1. The lowest BCUT2D eigenvalue weighted by Crippen LogP contribution is -2.23. The van der Waals surface area contributed by atoms with Gasteiger partial charge in [-0.1, -0.05) is 12.1 Å². The number of carboxylic acid groups (broad SMARTS) is 1. The number of rotatable bonds is 5. The van der Waals surface area contributed by atoms with Gasteiger partial charge in [0.15, 0.2) is 0 Å². The molecular weight excluding hydrogens is 306 g/mol. The summed E-state index contributed by atoms with van der Waals surface area (Å²) in [5.41, 5.74) is 1.53. The van der Waals surface area contributed by atoms with E-state index in [1.54, 1.807) is 48.5 Å². The maximum Gasteiger partial charge on any atom is 0.307 e. The second kappa shape index (κ2) is 7.17. The summed E-state index contributed by atoms with van der Waals surface area (Å²) in [6, 6.07) is 13.7. The average Bonchev–Trinajstić information content (AvgIpc) is 2.48. The highest BCUT2D eigenvalue weighted by Gasteiger charge is 2.12. The molecular formula is C19H21NO4. The zero-order chi connectivity index (χ0) is 17.7. The first-order valence-corrected chi connectivity index (χ1v) is 7.64. The van der Waals surface area contributed by atoms with Gasteiger partial charge >= 0.3 is 5.97 Å². The lowest BCUT2D eigenvalue weighted by Gasteiger charge is -2.21. The highest BCUT2D eigenvalue weighted by Crippen LogP contribution is 2.19. The lowest BCUT2D eigenvalue weighted by molar-refractivity contribution is -0.136. The SMILES string of the molecule is CC(C)(C)Oc1ccc(C(=O)Nc2ccc(CC(=O)O)cc2)cc1. The summed E-state index contributed by atoms with van der Waals surface area (Å²) in [6.45, 7) is 5.88. The van der Waals surface area contributed by atoms with Crippen molar-refractivity contribution in [1.29, 1.82) is 0 Å². The number of nitrogens with one attached hydrogen (secondary N) is 1. The Morgan fingerprint density at radius 3 is 2.08 bits per heavy atom. The first-order valence-electron chi connectivity index (χ1n) is 7.64. The van der Waals surface area contributed by atoms with Crippen molar-refractivity contribution in [3.8, 4) is 5.75 Å². The van der Waals surface area contributed by atoms with Crippen LogP contribution in [0.15, 0.2) is 48.5 Å². The molecule has 0 aromatic heterocycles. The standard InChI is InChI=1S/C19H21NO4/c1-19(2,3)24-16-10-6-14(7-11-16)18(23)20-15-8-4-13(5-9-15)12-17(21)22/h4-11H,12H2,1-3H3,(H,20,23)(H,21,22). The van der Waals surface area contributed by atoms with Crippen molar-refractivity contribution in [2.75, 3.05) is 5.32 Å². The Balaban J connectivity index is 2.00. The highest BCUT2D eigenvalue weighted by molar-refractivity contribution is 6.04. The predicted octanol–water partition coefficient (Wildman–Crippen LogP) is 3.74. The van der Waals surface area contributed by atoms with Crippen LogP contribution in [0, 0.1) is 0 Å². The van der Waals surface area contributed by atoms with Crippen LogP contribution in [0.2, 0.25) is 0 Å². The number of aliphatic carboxylic acids is 1. The molecule has 0 aliphatic rings. The Labute approximate surface area is 141 Å². The van der Waals surface area contributed by atoms with Gasteiger partial charge < -0.3 is 15.2 Å². The normalized spacial score (nSPS) is 11.0. The number of carbonyl (C=O) groups excluding carboxylic acids is 1. The third-order valence-corrected chi connectivity index (χ3v) is 3.11. The van der Waals surface area contributed by atoms with Crippen LogP contribution >= 0.6 is 0 Å². The van der Waals surface area contributed by atoms with Gasteiger partial charge in [0.25, 0.3) is 5.91 Å². The fourth-order valence-corrected chi connectivity index (χ4v) is 2.11. The number of carbonyl (C=O) groups is 2. The van der Waals surface area contributed by atoms with E-state index in [1.165, 1.54) is 0 Å². The van der Waals surface area contributed by atoms with Crippen molar-refractivity contribution < 1.29 is 19.4 Å². The molecule has 0 unspecified atom stereocenters. The molecule has 0 radical (unpaired) electrons. The van der Waals surface area contributed by atoms with Gasteiger partial charge in [0.2, 0.25) is 0 Å². The van der Waals surface area contributed by atoms with E-state index in [9.17, 15) is 9.59 Å². The zero-order valence-electron chi connectivity index (χ0n) is 14.0. The van der Waals surface area contributed by atoms with Crippen molar-refractivity contribution in [3.63, 3.8) is 0 Å². The van der Waals surface area contributed by atoms with Crippen molar-refractivity contribution in [1.82, 2.24) is 0 Å². The van der Waals surface area contributed by atoms with E-state index < -0.39 is 5.97 Å². The molecule has 0 bridgehead atoms. The number of ether oxygens (including phenoxy) is 1. The second-order valence-electron chi connectivity index (χ2n) is 6.46. The minimum Gasteiger partial charge on any atom is -0.488 e. The van der Waals surface area contributed by atoms with E-state index in [0.717, 1.165) is 0 Å². The number of carboxylic acids is 1. The molecule has 2 N–H and O–H groups in total. The van der Waals surface area contributed by atoms with E-state index in [-0.39, 0.29) is 17.9 Å². The summed E-state index contributed by atoms with van der Waals surface area (Å²) in [5.74, 6) is -0.412. The summed E-state index contributed by atoms with van der Waals surface area (Å²) in [4.78, 5) is 22.9. The third-order valence-electron chi connectivity index (χ3n) is 3.11. The molecule has 0 saturated carbocycles. The number of hydrogen-bond donors (Lipinski definition) is 2. The Morgan fingerprint density at radius 1 is 1.00 bits per heavy atom. The van der Waals surface area contributed by atoms with Gasteiger partial charge in [-0.15, -0.1) is 0 Å². The van der Waals surface area contributed by atoms with Crippen LogP contribution < -0.4 is 10.1 Å². The van der Waals surface area contributed by atoms with Crippen molar-refractivity contribution in [2.24, 2.45) is 0 Å². The lowest BCUT2D eigenvalue weighted by atomic mass is 10.1. The Hall–Kier alpha value is -2.82. The molecule has 2 rings (SSSR count). The van der Waals surface area contributed by atoms with Crippen LogP contribution in [0.1, 0.15) is 36.7 Å². The molecule has 2 aromatic rings. The fraction of sp³-hybridized carbons (Fsp3) is 0.263. The average molecular weight is 327 g/mol. The fourth-order valence-electron chi connectivity index (χ4n) is 2.11. The van der Waals surface area contributed by atoms with Crippen LogP contribution in [0.5, 0.6) is 5.75 Å². The van der Waals surface area contributed by atoms with Gasteiger partial charge in [0.05, 0.1) is 6.42 Å². The molecule has 126 valence electrons. The molecule has 5 nitrogen and oxygen atoms in total. The van der Waals surface area contributed by atoms with Gasteiger partial charge in [-0.2, -0.15) is 0 Å². The molecule has 5 heteroatoms. The largest absolute Gasteiger partial charge is 0.488 e. The van der Waals surface area contributed by atoms with Gasteiger partial charge in [0.1, 0.15) is 11.4 Å². The van der Waals surface area contributed by atoms with Crippen molar-refractivity contribution in [2.45, 2.75) is 32.8 Å². The van der Waals surface area contributed by atoms with E-state index in [0.29, 0.717) is 22.6 Å². The minimum atomic E-state index is -0.885. The number of hydrogen-bond acceptors (Lipinski definition) is 3. The van der Waals surface area contributed by atoms with Gasteiger partial charge in [-0.3, -0.25) is 9.59 Å². The Bertz CT molecular complexity index is 713. The smallest absolute Gasteiger partial charge is 0.307 e. The topological polar surface area (TPSA) is 75.6 Å². The van der Waals surface area contributed by atoms with E-state index in [2.05, 4.69) is 5.32 Å². The quantitative estimate of drug-likeness (QED) is 0.877. The van der Waals surface area contributed by atoms with Crippen LogP contribution in [0.25, 0.3) is 0 Å². The molecule has 0 saturated heterocycles. The predicted molar refractivity (Wildman–Crippen MR) is 92.6 cm³/mol. The number of amides is 1. The first kappa shape index (κ1) is 17.5. The molecule has 0 aliphatic carbocycles. The maximum absolute atomic E-state index is 12.2. The summed E-state index contributed by atoms with van der Waals surface area (Å²) in [7, 11) is 0. The molecule has 0 aliphatic heterocycles. The van der Waals surface area contributed by atoms with E-state index in [4.69, 9.17) is 9.84 Å². The van der Waals surface area contributed by atoms with E-state index in [1.807, 2.05) is 20.8 Å². The van der Waals surface area contributed by atoms with Gasteiger partial charge in [-0.25, -0.2) is 0 Å². The molecule has 0 fully saturated rings. The maximum atomic E-state index is 12.2. The van der Waals surface area contributed by atoms with E-state index >= 15 is 0 Å². The van der Waals surface area contributed by atoms with Crippen molar-refractivity contribution >= 4 is 17.6 Å². The Kier molecular flexibility index (Phi) is 5.24. The monoisotopic (exact) mass is 327 g/mol. The molecule has 0 heterocycles. The molecule has 0 spiro atoms.